The summed E-state index contributed by atoms with van der Waals surface area (Å²) in [5.74, 6) is -0.0844. The van der Waals surface area contributed by atoms with Gasteiger partial charge in [0.2, 0.25) is 0 Å². The molecule has 21 heavy (non-hydrogen) atoms. The molecule has 4 heteroatoms. The molecule has 0 saturated heterocycles. The highest BCUT2D eigenvalue weighted by Gasteiger charge is 2.08. The minimum absolute atomic E-state index is 0.217. The molecule has 106 valence electrons. The Labute approximate surface area is 123 Å². The van der Waals surface area contributed by atoms with E-state index in [1.54, 1.807) is 24.3 Å². The number of aryl methyl sites for hydroxylation is 1. The number of benzene rings is 2. The number of esters is 1. The van der Waals surface area contributed by atoms with Crippen LogP contribution in [0.15, 0.2) is 48.5 Å². The van der Waals surface area contributed by atoms with E-state index in [9.17, 15) is 4.79 Å². The SMILES string of the molecule is Cc1ccccc1COC(=O)COc1ccccc1C#N. The molecule has 4 nitrogen and oxygen atoms in total. The summed E-state index contributed by atoms with van der Waals surface area (Å²) in [5.41, 5.74) is 2.42. The number of carbonyl (C=O) groups is 1. The van der Waals surface area contributed by atoms with Gasteiger partial charge < -0.3 is 9.47 Å². The van der Waals surface area contributed by atoms with E-state index < -0.39 is 5.97 Å². The van der Waals surface area contributed by atoms with Gasteiger partial charge in [0, 0.05) is 0 Å². The lowest BCUT2D eigenvalue weighted by Gasteiger charge is -2.09. The Morgan fingerprint density at radius 1 is 1.14 bits per heavy atom. The highest BCUT2D eigenvalue weighted by molar-refractivity contribution is 5.71. The fourth-order valence-corrected chi connectivity index (χ4v) is 1.79. The Hall–Kier alpha value is -2.80. The lowest BCUT2D eigenvalue weighted by Crippen LogP contribution is -2.15. The van der Waals surface area contributed by atoms with E-state index in [4.69, 9.17) is 14.7 Å². The first kappa shape index (κ1) is 14.6. The molecule has 0 aromatic heterocycles. The van der Waals surface area contributed by atoms with Gasteiger partial charge >= 0.3 is 5.97 Å². The number of rotatable bonds is 5. The van der Waals surface area contributed by atoms with Crippen LogP contribution >= 0.6 is 0 Å². The topological polar surface area (TPSA) is 59.3 Å². The zero-order valence-corrected chi connectivity index (χ0v) is 11.7. The van der Waals surface area contributed by atoms with Crippen molar-refractivity contribution in [1.82, 2.24) is 0 Å². The van der Waals surface area contributed by atoms with Crippen molar-refractivity contribution in [2.24, 2.45) is 0 Å². The Balaban J connectivity index is 1.86. The quantitative estimate of drug-likeness (QED) is 0.790. The molecule has 0 saturated carbocycles. The predicted octanol–water partition coefficient (Wildman–Crippen LogP) is 2.99. The maximum absolute atomic E-state index is 11.7. The first-order valence-corrected chi connectivity index (χ1v) is 6.53. The van der Waals surface area contributed by atoms with Gasteiger partial charge in [-0.05, 0) is 30.2 Å². The van der Waals surface area contributed by atoms with Gasteiger partial charge in [-0.2, -0.15) is 5.26 Å². The highest BCUT2D eigenvalue weighted by Crippen LogP contribution is 2.16. The van der Waals surface area contributed by atoms with Crippen LogP contribution < -0.4 is 4.74 Å². The summed E-state index contributed by atoms with van der Waals surface area (Å²) in [5, 5.41) is 8.92. The molecule has 0 atom stereocenters. The average molecular weight is 281 g/mol. The number of ether oxygens (including phenoxy) is 2. The maximum atomic E-state index is 11.7. The molecule has 0 aliphatic carbocycles. The van der Waals surface area contributed by atoms with Crippen LogP contribution in [-0.4, -0.2) is 12.6 Å². The van der Waals surface area contributed by atoms with Crippen molar-refractivity contribution in [3.05, 3.63) is 65.2 Å². The van der Waals surface area contributed by atoms with Crippen LogP contribution in [-0.2, 0) is 16.1 Å². The summed E-state index contributed by atoms with van der Waals surface area (Å²) >= 11 is 0. The largest absolute Gasteiger partial charge is 0.481 e. The number of nitriles is 1. The summed E-state index contributed by atoms with van der Waals surface area (Å²) in [6.45, 7) is 1.96. The third-order valence-corrected chi connectivity index (χ3v) is 3.00. The van der Waals surface area contributed by atoms with Crippen LogP contribution in [0.5, 0.6) is 5.75 Å². The lowest BCUT2D eigenvalue weighted by molar-refractivity contribution is -0.147. The highest BCUT2D eigenvalue weighted by atomic mass is 16.6. The summed E-state index contributed by atoms with van der Waals surface area (Å²) in [6.07, 6.45) is 0. The zero-order valence-electron chi connectivity index (χ0n) is 11.7. The standard InChI is InChI=1S/C17H15NO3/c1-13-6-2-3-8-15(13)11-21-17(19)12-20-16-9-5-4-7-14(16)10-18/h2-9H,11-12H2,1H3. The fraction of sp³-hybridized carbons (Fsp3) is 0.176. The molecule has 0 amide bonds. The molecule has 2 rings (SSSR count). The fourth-order valence-electron chi connectivity index (χ4n) is 1.79. The number of carbonyl (C=O) groups excluding carboxylic acids is 1. The molecule has 0 N–H and O–H groups in total. The van der Waals surface area contributed by atoms with Crippen LogP contribution in [0.25, 0.3) is 0 Å². The minimum Gasteiger partial charge on any atom is -0.481 e. The smallest absolute Gasteiger partial charge is 0.344 e. The first-order valence-electron chi connectivity index (χ1n) is 6.53. The van der Waals surface area contributed by atoms with Crippen LogP contribution in [0.4, 0.5) is 0 Å². The van der Waals surface area contributed by atoms with Gasteiger partial charge in [0.1, 0.15) is 18.4 Å². The third kappa shape index (κ3) is 4.08. The first-order chi connectivity index (χ1) is 10.2. The van der Waals surface area contributed by atoms with Crippen molar-refractivity contribution in [1.29, 1.82) is 5.26 Å². The van der Waals surface area contributed by atoms with E-state index in [1.165, 1.54) is 0 Å². The second-order valence-electron chi connectivity index (χ2n) is 4.48. The predicted molar refractivity (Wildman–Crippen MR) is 77.6 cm³/mol. The molecule has 0 spiro atoms. The van der Waals surface area contributed by atoms with Gasteiger partial charge in [-0.3, -0.25) is 0 Å². The third-order valence-electron chi connectivity index (χ3n) is 3.00. The van der Waals surface area contributed by atoms with Crippen molar-refractivity contribution in [3.8, 4) is 11.8 Å². The Kier molecular flexibility index (Phi) is 4.94. The summed E-state index contributed by atoms with van der Waals surface area (Å²) in [6, 6.07) is 16.5. The monoisotopic (exact) mass is 281 g/mol. The minimum atomic E-state index is -0.467. The van der Waals surface area contributed by atoms with Crippen LogP contribution in [0.1, 0.15) is 16.7 Å². The lowest BCUT2D eigenvalue weighted by atomic mass is 10.1. The molecule has 0 heterocycles. The Morgan fingerprint density at radius 2 is 1.86 bits per heavy atom. The Morgan fingerprint density at radius 3 is 2.62 bits per heavy atom. The average Bonchev–Trinajstić information content (AvgIpc) is 2.52. The molecular formula is C17H15NO3. The van der Waals surface area contributed by atoms with Gasteiger partial charge in [-0.25, -0.2) is 4.79 Å². The summed E-state index contributed by atoms with van der Waals surface area (Å²) < 4.78 is 10.5. The molecule has 0 aliphatic heterocycles. The molecule has 0 fully saturated rings. The van der Waals surface area contributed by atoms with Crippen LogP contribution in [0.2, 0.25) is 0 Å². The molecule has 0 bridgehead atoms. The zero-order chi connectivity index (χ0) is 15.1. The molecule has 0 unspecified atom stereocenters. The molecule has 0 aliphatic rings. The second-order valence-corrected chi connectivity index (χ2v) is 4.48. The number of para-hydroxylation sites is 1. The van der Waals surface area contributed by atoms with Crippen molar-refractivity contribution < 1.29 is 14.3 Å². The van der Waals surface area contributed by atoms with Crippen LogP contribution in [0.3, 0.4) is 0 Å². The van der Waals surface area contributed by atoms with Crippen molar-refractivity contribution in [2.45, 2.75) is 13.5 Å². The van der Waals surface area contributed by atoms with Crippen molar-refractivity contribution in [2.75, 3.05) is 6.61 Å². The molecule has 2 aromatic carbocycles. The van der Waals surface area contributed by atoms with E-state index in [-0.39, 0.29) is 13.2 Å². The van der Waals surface area contributed by atoms with Crippen molar-refractivity contribution >= 4 is 5.97 Å². The van der Waals surface area contributed by atoms with Gasteiger partial charge in [-0.15, -0.1) is 0 Å². The maximum Gasteiger partial charge on any atom is 0.344 e. The van der Waals surface area contributed by atoms with Crippen molar-refractivity contribution in [3.63, 3.8) is 0 Å². The Bertz CT molecular complexity index is 674. The van der Waals surface area contributed by atoms with Gasteiger partial charge in [0.05, 0.1) is 5.56 Å². The molecular weight excluding hydrogens is 266 g/mol. The van der Waals surface area contributed by atoms with Gasteiger partial charge in [-0.1, -0.05) is 36.4 Å². The van der Waals surface area contributed by atoms with Gasteiger partial charge in [0.15, 0.2) is 6.61 Å². The van der Waals surface area contributed by atoms with E-state index >= 15 is 0 Å². The number of hydrogen-bond acceptors (Lipinski definition) is 4. The summed E-state index contributed by atoms with van der Waals surface area (Å²) in [7, 11) is 0. The van der Waals surface area contributed by atoms with E-state index in [2.05, 4.69) is 0 Å². The van der Waals surface area contributed by atoms with E-state index in [0.29, 0.717) is 11.3 Å². The molecule has 0 radical (unpaired) electrons. The summed E-state index contributed by atoms with van der Waals surface area (Å²) in [4.78, 5) is 11.7. The second kappa shape index (κ2) is 7.11. The van der Waals surface area contributed by atoms with Gasteiger partial charge in [0.25, 0.3) is 0 Å². The van der Waals surface area contributed by atoms with E-state index in [1.807, 2.05) is 37.3 Å². The van der Waals surface area contributed by atoms with Crippen LogP contribution in [0, 0.1) is 18.3 Å². The number of hydrogen-bond donors (Lipinski definition) is 0. The molecule has 2 aromatic rings. The van der Waals surface area contributed by atoms with E-state index in [0.717, 1.165) is 11.1 Å². The normalized spacial score (nSPS) is 9.71. The number of nitrogens with zero attached hydrogens (tertiary/aromatic N) is 1.